The number of hydrogen-bond acceptors (Lipinski definition) is 4. The summed E-state index contributed by atoms with van der Waals surface area (Å²) in [5.74, 6) is 1.80. The van der Waals surface area contributed by atoms with Crippen LogP contribution in [0.4, 0.5) is 11.5 Å². The van der Waals surface area contributed by atoms with Crippen molar-refractivity contribution in [3.05, 3.63) is 18.3 Å². The van der Waals surface area contributed by atoms with Gasteiger partial charge < -0.3 is 15.1 Å². The maximum Gasteiger partial charge on any atom is 0.128 e. The lowest BCUT2D eigenvalue weighted by Crippen LogP contribution is -2.32. The quantitative estimate of drug-likeness (QED) is 0.882. The van der Waals surface area contributed by atoms with Crippen molar-refractivity contribution in [2.45, 2.75) is 12.8 Å². The van der Waals surface area contributed by atoms with Crippen molar-refractivity contribution in [3.63, 3.8) is 0 Å². The highest BCUT2D eigenvalue weighted by Gasteiger charge is 2.16. The molecule has 0 radical (unpaired) electrons. The van der Waals surface area contributed by atoms with E-state index in [0.717, 1.165) is 24.0 Å². The van der Waals surface area contributed by atoms with Crippen LogP contribution in [0.3, 0.4) is 0 Å². The van der Waals surface area contributed by atoms with Gasteiger partial charge in [0.25, 0.3) is 0 Å². The van der Waals surface area contributed by atoms with Crippen LogP contribution in [0.5, 0.6) is 0 Å². The Kier molecular flexibility index (Phi) is 4.42. The summed E-state index contributed by atoms with van der Waals surface area (Å²) in [4.78, 5) is 8.83. The van der Waals surface area contributed by atoms with Gasteiger partial charge >= 0.3 is 0 Å². The van der Waals surface area contributed by atoms with E-state index in [1.165, 1.54) is 25.9 Å². The monoisotopic (exact) mass is 248 g/mol. The van der Waals surface area contributed by atoms with Crippen LogP contribution in [0.2, 0.25) is 0 Å². The fourth-order valence-electron chi connectivity index (χ4n) is 2.28. The normalized spacial score (nSPS) is 17.7. The zero-order chi connectivity index (χ0) is 13.0. The minimum atomic E-state index is 0.801. The number of nitrogens with zero attached hydrogens (tertiary/aromatic N) is 3. The van der Waals surface area contributed by atoms with Crippen LogP contribution >= 0.6 is 0 Å². The topological polar surface area (TPSA) is 31.4 Å². The third-order valence-electron chi connectivity index (χ3n) is 3.64. The molecule has 100 valence electrons. The second kappa shape index (κ2) is 6.05. The van der Waals surface area contributed by atoms with Crippen LogP contribution in [-0.2, 0) is 0 Å². The Morgan fingerprint density at radius 1 is 1.33 bits per heavy atom. The number of rotatable bonds is 4. The predicted octanol–water partition coefficient (Wildman–Crippen LogP) is 1.90. The molecule has 1 N–H and O–H groups in total. The van der Waals surface area contributed by atoms with Crippen molar-refractivity contribution in [1.29, 1.82) is 0 Å². The van der Waals surface area contributed by atoms with Gasteiger partial charge in [-0.3, -0.25) is 0 Å². The summed E-state index contributed by atoms with van der Waals surface area (Å²) >= 11 is 0. The summed E-state index contributed by atoms with van der Waals surface area (Å²) in [6.07, 6.45) is 4.52. The van der Waals surface area contributed by atoms with Gasteiger partial charge in [-0.2, -0.15) is 0 Å². The summed E-state index contributed by atoms with van der Waals surface area (Å²) in [6.45, 7) is 3.52. The molecule has 4 heteroatoms. The number of anilines is 2. The van der Waals surface area contributed by atoms with Crippen LogP contribution in [0.25, 0.3) is 0 Å². The van der Waals surface area contributed by atoms with E-state index >= 15 is 0 Å². The Labute approximate surface area is 110 Å². The Hall–Kier alpha value is -1.29. The highest BCUT2D eigenvalue weighted by atomic mass is 15.1. The Balaban J connectivity index is 1.79. The van der Waals surface area contributed by atoms with Gasteiger partial charge in [-0.05, 0) is 51.0 Å². The average molecular weight is 248 g/mol. The molecule has 4 nitrogen and oxygen atoms in total. The van der Waals surface area contributed by atoms with Gasteiger partial charge in [0.1, 0.15) is 5.82 Å². The summed E-state index contributed by atoms with van der Waals surface area (Å²) in [6, 6.07) is 4.16. The second-order valence-corrected chi connectivity index (χ2v) is 5.43. The molecule has 0 aromatic carbocycles. The fraction of sp³-hybridized carbons (Fsp3) is 0.643. The molecule has 1 aliphatic heterocycles. The summed E-state index contributed by atoms with van der Waals surface area (Å²) < 4.78 is 0. The zero-order valence-electron chi connectivity index (χ0n) is 11.7. The van der Waals surface area contributed by atoms with E-state index in [1.54, 1.807) is 0 Å². The predicted molar refractivity (Wildman–Crippen MR) is 77.3 cm³/mol. The second-order valence-electron chi connectivity index (χ2n) is 5.43. The van der Waals surface area contributed by atoms with E-state index in [4.69, 9.17) is 0 Å². The lowest BCUT2D eigenvalue weighted by Gasteiger charge is -2.29. The van der Waals surface area contributed by atoms with Crippen molar-refractivity contribution >= 4 is 11.5 Å². The van der Waals surface area contributed by atoms with E-state index in [2.05, 4.69) is 34.4 Å². The molecular weight excluding hydrogens is 224 g/mol. The number of pyridine rings is 1. The highest BCUT2D eigenvalue weighted by molar-refractivity contribution is 5.47. The molecule has 1 fully saturated rings. The maximum atomic E-state index is 4.41. The van der Waals surface area contributed by atoms with Crippen molar-refractivity contribution in [2.24, 2.45) is 5.92 Å². The van der Waals surface area contributed by atoms with Crippen molar-refractivity contribution in [2.75, 3.05) is 51.0 Å². The molecule has 0 bridgehead atoms. The average Bonchev–Trinajstić information content (AvgIpc) is 2.38. The lowest BCUT2D eigenvalue weighted by molar-refractivity contribution is 0.226. The van der Waals surface area contributed by atoms with E-state index in [0.29, 0.717) is 0 Å². The summed E-state index contributed by atoms with van der Waals surface area (Å²) in [5.41, 5.74) is 1.12. The molecule has 1 aromatic rings. The first-order valence-electron chi connectivity index (χ1n) is 6.71. The molecule has 0 spiro atoms. The first kappa shape index (κ1) is 13.1. The third-order valence-corrected chi connectivity index (χ3v) is 3.64. The largest absolute Gasteiger partial charge is 0.384 e. The molecule has 0 saturated carbocycles. The van der Waals surface area contributed by atoms with E-state index in [-0.39, 0.29) is 0 Å². The minimum Gasteiger partial charge on any atom is -0.384 e. The van der Waals surface area contributed by atoms with Gasteiger partial charge in [0.2, 0.25) is 0 Å². The maximum absolute atomic E-state index is 4.41. The zero-order valence-corrected chi connectivity index (χ0v) is 11.7. The van der Waals surface area contributed by atoms with Crippen LogP contribution in [0.15, 0.2) is 18.3 Å². The molecule has 0 amide bonds. The van der Waals surface area contributed by atoms with Gasteiger partial charge in [-0.15, -0.1) is 0 Å². The van der Waals surface area contributed by atoms with Gasteiger partial charge in [-0.1, -0.05) is 0 Å². The number of piperidine rings is 1. The van der Waals surface area contributed by atoms with Gasteiger partial charge in [0, 0.05) is 20.6 Å². The Morgan fingerprint density at radius 3 is 2.61 bits per heavy atom. The molecule has 1 aromatic heterocycles. The number of likely N-dealkylation sites (tertiary alicyclic amines) is 1. The van der Waals surface area contributed by atoms with Crippen LogP contribution < -0.4 is 10.2 Å². The Bertz CT molecular complexity index is 353. The molecule has 2 rings (SSSR count). The molecule has 0 aliphatic carbocycles. The van der Waals surface area contributed by atoms with Crippen molar-refractivity contribution < 1.29 is 0 Å². The van der Waals surface area contributed by atoms with E-state index in [1.807, 2.05) is 25.2 Å². The van der Waals surface area contributed by atoms with Gasteiger partial charge in [-0.25, -0.2) is 4.98 Å². The van der Waals surface area contributed by atoms with Crippen molar-refractivity contribution in [1.82, 2.24) is 9.88 Å². The molecule has 0 atom stereocenters. The summed E-state index contributed by atoms with van der Waals surface area (Å²) in [7, 11) is 6.22. The van der Waals surface area contributed by atoms with Crippen LogP contribution in [0, 0.1) is 5.92 Å². The molecule has 1 aliphatic rings. The Morgan fingerprint density at radius 2 is 2.06 bits per heavy atom. The molecule has 2 heterocycles. The van der Waals surface area contributed by atoms with E-state index in [9.17, 15) is 0 Å². The van der Waals surface area contributed by atoms with Crippen LogP contribution in [0.1, 0.15) is 12.8 Å². The number of aromatic nitrogens is 1. The van der Waals surface area contributed by atoms with E-state index < -0.39 is 0 Å². The molecule has 1 saturated heterocycles. The first-order chi connectivity index (χ1) is 8.65. The smallest absolute Gasteiger partial charge is 0.128 e. The standard InChI is InChI=1S/C14H24N4/c1-17(2)14-5-4-13(11-16-14)15-10-12-6-8-18(3)9-7-12/h4-5,11-12,15H,6-10H2,1-3H3. The highest BCUT2D eigenvalue weighted by Crippen LogP contribution is 2.17. The number of nitrogens with one attached hydrogen (secondary N) is 1. The van der Waals surface area contributed by atoms with Crippen LogP contribution in [-0.4, -0.2) is 50.7 Å². The fourth-order valence-corrected chi connectivity index (χ4v) is 2.28. The summed E-state index contributed by atoms with van der Waals surface area (Å²) in [5, 5.41) is 3.50. The third kappa shape index (κ3) is 3.60. The molecule has 0 unspecified atom stereocenters. The number of hydrogen-bond donors (Lipinski definition) is 1. The van der Waals surface area contributed by atoms with Gasteiger partial charge in [0.05, 0.1) is 11.9 Å². The first-order valence-corrected chi connectivity index (χ1v) is 6.71. The lowest BCUT2D eigenvalue weighted by atomic mass is 9.97. The molecular formula is C14H24N4. The SMILES string of the molecule is CN1CCC(CNc2ccc(N(C)C)nc2)CC1. The minimum absolute atomic E-state index is 0.801. The van der Waals surface area contributed by atoms with Gasteiger partial charge in [0.15, 0.2) is 0 Å². The van der Waals surface area contributed by atoms with Crippen molar-refractivity contribution in [3.8, 4) is 0 Å². The molecule has 18 heavy (non-hydrogen) atoms.